The molecule has 1 aliphatic rings. The summed E-state index contributed by atoms with van der Waals surface area (Å²) in [5, 5.41) is 1.93. The molecule has 0 saturated heterocycles. The smallest absolute Gasteiger partial charge is 0.339 e. The summed E-state index contributed by atoms with van der Waals surface area (Å²) in [7, 11) is 0. The third kappa shape index (κ3) is 2.37. The van der Waals surface area contributed by atoms with Crippen molar-refractivity contribution < 1.29 is 13.2 Å². The second-order valence-electron chi connectivity index (χ2n) is 6.91. The summed E-state index contributed by atoms with van der Waals surface area (Å²) in [6.45, 7) is 0. The summed E-state index contributed by atoms with van der Waals surface area (Å²) < 4.78 is 24.5. The van der Waals surface area contributed by atoms with E-state index >= 15 is 0 Å². The molecule has 2 aromatic heterocycles. The van der Waals surface area contributed by atoms with E-state index in [2.05, 4.69) is 6.07 Å². The topological polar surface area (TPSA) is 43.4 Å². The normalized spacial score (nSPS) is 14.5. The van der Waals surface area contributed by atoms with Gasteiger partial charge in [0.1, 0.15) is 17.0 Å². The average Bonchev–Trinajstić information content (AvgIpc) is 2.88. The van der Waals surface area contributed by atoms with Crippen LogP contribution in [-0.2, 0) is 12.8 Å². The zero-order valence-corrected chi connectivity index (χ0v) is 14.2. The molecule has 2 heterocycles. The van der Waals surface area contributed by atoms with E-state index in [1.807, 2.05) is 0 Å². The van der Waals surface area contributed by atoms with Crippen molar-refractivity contribution in [2.24, 2.45) is 0 Å². The Hall–Kier alpha value is -2.88. The van der Waals surface area contributed by atoms with E-state index in [1.165, 1.54) is 12.1 Å². The minimum absolute atomic E-state index is 0.223. The molecular weight excluding hydrogens is 331 g/mol. The quantitative estimate of drug-likeness (QED) is 0.331. The number of hydrogen-bond acceptors (Lipinski definition) is 3. The molecule has 0 atom stereocenters. The molecule has 130 valence electrons. The van der Waals surface area contributed by atoms with Crippen LogP contribution in [0.25, 0.3) is 33.1 Å². The third-order valence-electron chi connectivity index (χ3n) is 5.32. The number of fused-ring (bicyclic) bond motifs is 4. The van der Waals surface area contributed by atoms with Gasteiger partial charge in [-0.25, -0.2) is 9.18 Å². The maximum Gasteiger partial charge on any atom is 0.339 e. The molecule has 0 N–H and O–H groups in total. The molecular formula is C22H17FO3. The van der Waals surface area contributed by atoms with Crippen molar-refractivity contribution >= 4 is 21.9 Å². The SMILES string of the molecule is O=c1oc2cc3occ(-c4ccc(F)cc4)c3cc2c2c1CCCCC2. The van der Waals surface area contributed by atoms with E-state index in [0.717, 1.165) is 65.1 Å². The minimum atomic E-state index is -0.265. The number of benzene rings is 2. The number of rotatable bonds is 1. The van der Waals surface area contributed by atoms with Crippen LogP contribution in [0.3, 0.4) is 0 Å². The Bertz CT molecular complexity index is 1180. The monoisotopic (exact) mass is 348 g/mol. The lowest BCUT2D eigenvalue weighted by Crippen LogP contribution is -2.10. The average molecular weight is 348 g/mol. The highest BCUT2D eigenvalue weighted by Crippen LogP contribution is 2.35. The molecule has 0 saturated carbocycles. The number of aryl methyl sites for hydroxylation is 1. The minimum Gasteiger partial charge on any atom is -0.464 e. The van der Waals surface area contributed by atoms with E-state index in [1.54, 1.807) is 24.5 Å². The fraction of sp³-hybridized carbons (Fsp3) is 0.227. The number of hydrogen-bond donors (Lipinski definition) is 0. The largest absolute Gasteiger partial charge is 0.464 e. The van der Waals surface area contributed by atoms with Crippen LogP contribution in [0.4, 0.5) is 4.39 Å². The second kappa shape index (κ2) is 5.84. The zero-order chi connectivity index (χ0) is 17.7. The summed E-state index contributed by atoms with van der Waals surface area (Å²) >= 11 is 0. The van der Waals surface area contributed by atoms with Crippen molar-refractivity contribution in [3.63, 3.8) is 0 Å². The lowest BCUT2D eigenvalue weighted by Gasteiger charge is -2.08. The maximum absolute atomic E-state index is 13.2. The Labute approximate surface area is 149 Å². The van der Waals surface area contributed by atoms with E-state index in [4.69, 9.17) is 8.83 Å². The van der Waals surface area contributed by atoms with Crippen LogP contribution in [0.1, 0.15) is 30.4 Å². The second-order valence-corrected chi connectivity index (χ2v) is 6.91. The van der Waals surface area contributed by atoms with Crippen LogP contribution >= 0.6 is 0 Å². The molecule has 3 nitrogen and oxygen atoms in total. The van der Waals surface area contributed by atoms with Gasteiger partial charge in [-0.05, 0) is 55.0 Å². The van der Waals surface area contributed by atoms with Crippen molar-refractivity contribution in [1.82, 2.24) is 0 Å². The van der Waals surface area contributed by atoms with Gasteiger partial charge in [0.2, 0.25) is 0 Å². The predicted molar refractivity (Wildman–Crippen MR) is 98.9 cm³/mol. The molecule has 0 aliphatic heterocycles. The van der Waals surface area contributed by atoms with Crippen molar-refractivity contribution in [3.05, 3.63) is 70.0 Å². The van der Waals surface area contributed by atoms with Crippen LogP contribution in [0.15, 0.2) is 56.3 Å². The summed E-state index contributed by atoms with van der Waals surface area (Å²) in [5.74, 6) is -0.265. The van der Waals surface area contributed by atoms with Gasteiger partial charge < -0.3 is 8.83 Å². The summed E-state index contributed by atoms with van der Waals surface area (Å²) in [5.41, 5.74) is 4.75. The van der Waals surface area contributed by atoms with Crippen LogP contribution in [-0.4, -0.2) is 0 Å². The molecule has 4 aromatic rings. The first kappa shape index (κ1) is 15.4. The Kier molecular flexibility index (Phi) is 3.45. The first-order chi connectivity index (χ1) is 12.7. The van der Waals surface area contributed by atoms with Gasteiger partial charge in [0, 0.05) is 28.0 Å². The van der Waals surface area contributed by atoms with Gasteiger partial charge in [-0.3, -0.25) is 0 Å². The van der Waals surface area contributed by atoms with Gasteiger partial charge in [-0.1, -0.05) is 18.6 Å². The van der Waals surface area contributed by atoms with Crippen LogP contribution < -0.4 is 5.63 Å². The molecule has 4 heteroatoms. The molecule has 1 aliphatic carbocycles. The first-order valence-electron chi connectivity index (χ1n) is 8.96. The maximum atomic E-state index is 13.2. The van der Waals surface area contributed by atoms with E-state index < -0.39 is 0 Å². The van der Waals surface area contributed by atoms with Gasteiger partial charge in [-0.15, -0.1) is 0 Å². The summed E-state index contributed by atoms with van der Waals surface area (Å²) in [6, 6.07) is 10.2. The Balaban J connectivity index is 1.80. The number of furan rings is 1. The van der Waals surface area contributed by atoms with Gasteiger partial charge >= 0.3 is 5.63 Å². The van der Waals surface area contributed by atoms with Crippen molar-refractivity contribution in [3.8, 4) is 11.1 Å². The molecule has 0 spiro atoms. The Morgan fingerprint density at radius 3 is 2.42 bits per heavy atom. The van der Waals surface area contributed by atoms with Crippen molar-refractivity contribution in [1.29, 1.82) is 0 Å². The lowest BCUT2D eigenvalue weighted by molar-refractivity contribution is 0.546. The van der Waals surface area contributed by atoms with Gasteiger partial charge in [0.05, 0.1) is 6.26 Å². The molecule has 0 amide bonds. The molecule has 0 fully saturated rings. The molecule has 0 radical (unpaired) electrons. The van der Waals surface area contributed by atoms with Gasteiger partial charge in [-0.2, -0.15) is 0 Å². The standard InChI is InChI=1S/C22H17FO3/c23-14-8-6-13(7-9-14)19-12-25-20-11-21-17(10-18(19)20)15-4-2-1-3-5-16(15)22(24)26-21/h6-12H,1-5H2. The van der Waals surface area contributed by atoms with Crippen molar-refractivity contribution in [2.75, 3.05) is 0 Å². The number of halogens is 1. The van der Waals surface area contributed by atoms with E-state index in [9.17, 15) is 9.18 Å². The Morgan fingerprint density at radius 2 is 1.62 bits per heavy atom. The lowest BCUT2D eigenvalue weighted by atomic mass is 9.97. The van der Waals surface area contributed by atoms with Crippen LogP contribution in [0.5, 0.6) is 0 Å². The fourth-order valence-corrected chi connectivity index (χ4v) is 3.99. The van der Waals surface area contributed by atoms with E-state index in [-0.39, 0.29) is 11.4 Å². The highest BCUT2D eigenvalue weighted by molar-refractivity contribution is 6.02. The zero-order valence-electron chi connectivity index (χ0n) is 14.2. The van der Waals surface area contributed by atoms with E-state index in [0.29, 0.717) is 11.2 Å². The Morgan fingerprint density at radius 1 is 0.846 bits per heavy atom. The fourth-order valence-electron chi connectivity index (χ4n) is 3.99. The van der Waals surface area contributed by atoms with Gasteiger partial charge in [0.25, 0.3) is 0 Å². The highest BCUT2D eigenvalue weighted by atomic mass is 19.1. The van der Waals surface area contributed by atoms with Crippen LogP contribution in [0, 0.1) is 5.82 Å². The van der Waals surface area contributed by atoms with Crippen LogP contribution in [0.2, 0.25) is 0 Å². The molecule has 0 bridgehead atoms. The highest BCUT2D eigenvalue weighted by Gasteiger charge is 2.19. The molecule has 5 rings (SSSR count). The molecule has 26 heavy (non-hydrogen) atoms. The van der Waals surface area contributed by atoms with Crippen molar-refractivity contribution in [2.45, 2.75) is 32.1 Å². The molecule has 2 aromatic carbocycles. The predicted octanol–water partition coefficient (Wildman–Crippen LogP) is 5.61. The molecule has 0 unspecified atom stereocenters. The first-order valence-corrected chi connectivity index (χ1v) is 8.96. The van der Waals surface area contributed by atoms with Gasteiger partial charge in [0.15, 0.2) is 0 Å². The third-order valence-corrected chi connectivity index (χ3v) is 5.32. The summed E-state index contributed by atoms with van der Waals surface area (Å²) in [4.78, 5) is 12.4. The summed E-state index contributed by atoms with van der Waals surface area (Å²) in [6.07, 6.45) is 6.59.